The summed E-state index contributed by atoms with van der Waals surface area (Å²) in [7, 11) is 0. The molecule has 0 saturated heterocycles. The molecule has 204 valence electrons. The second-order valence-electron chi connectivity index (χ2n) is 10.8. The summed E-state index contributed by atoms with van der Waals surface area (Å²) in [6.07, 6.45) is 37.0. The fourth-order valence-electron chi connectivity index (χ4n) is 4.97. The summed E-state index contributed by atoms with van der Waals surface area (Å²) in [5, 5.41) is 0.277. The fourth-order valence-corrected chi connectivity index (χ4v) is 5.30. The van der Waals surface area contributed by atoms with Gasteiger partial charge >= 0.3 is 0 Å². The lowest BCUT2D eigenvalue weighted by Crippen LogP contribution is -2.26. The van der Waals surface area contributed by atoms with Gasteiger partial charge in [0.25, 0.3) is 0 Å². The van der Waals surface area contributed by atoms with Crippen molar-refractivity contribution < 1.29 is 0 Å². The van der Waals surface area contributed by atoms with Crippen LogP contribution in [0, 0.1) is 0 Å². The molecule has 0 radical (unpaired) electrons. The van der Waals surface area contributed by atoms with E-state index in [1.165, 1.54) is 154 Å². The van der Waals surface area contributed by atoms with Crippen molar-refractivity contribution in [1.29, 1.82) is 0 Å². The van der Waals surface area contributed by atoms with Crippen LogP contribution in [-0.2, 0) is 0 Å². The highest BCUT2D eigenvalue weighted by Gasteiger charge is 2.08. The Balaban J connectivity index is 3.39. The van der Waals surface area contributed by atoms with Gasteiger partial charge in [0, 0.05) is 13.1 Å². The molecule has 0 aliphatic heterocycles. The average molecular weight is 498 g/mol. The molecule has 0 fully saturated rings. The van der Waals surface area contributed by atoms with Gasteiger partial charge in [-0.1, -0.05) is 168 Å². The minimum atomic E-state index is 0.277. The van der Waals surface area contributed by atoms with E-state index in [4.69, 9.17) is 11.6 Å². The van der Waals surface area contributed by atoms with Gasteiger partial charge in [-0.05, 0) is 19.0 Å². The summed E-state index contributed by atoms with van der Waals surface area (Å²) >= 11 is 6.62. The SMILES string of the molecule is C=CN(CCCCCCCCCCCCCCCCCC)CC(Cl)CCCCCCCCCC. The van der Waals surface area contributed by atoms with Crippen LogP contribution in [0.1, 0.15) is 174 Å². The van der Waals surface area contributed by atoms with Gasteiger partial charge in [0.15, 0.2) is 0 Å². The smallest absolute Gasteiger partial charge is 0.0511 e. The number of rotatable bonds is 29. The lowest BCUT2D eigenvalue weighted by atomic mass is 10.0. The predicted octanol–water partition coefficient (Wildman–Crippen LogP) is 11.8. The van der Waals surface area contributed by atoms with Crippen molar-refractivity contribution in [3.63, 3.8) is 0 Å². The first kappa shape index (κ1) is 33.8. The van der Waals surface area contributed by atoms with Gasteiger partial charge in [-0.3, -0.25) is 0 Å². The van der Waals surface area contributed by atoms with Crippen molar-refractivity contribution in [2.24, 2.45) is 0 Å². The molecule has 0 aromatic carbocycles. The van der Waals surface area contributed by atoms with Crippen LogP contribution >= 0.6 is 11.6 Å². The number of alkyl halides is 1. The molecule has 0 N–H and O–H groups in total. The van der Waals surface area contributed by atoms with Gasteiger partial charge in [-0.25, -0.2) is 0 Å². The zero-order valence-electron chi connectivity index (χ0n) is 23.8. The maximum absolute atomic E-state index is 6.62. The number of hydrogen-bond donors (Lipinski definition) is 0. The molecule has 0 saturated carbocycles. The second-order valence-corrected chi connectivity index (χ2v) is 11.5. The van der Waals surface area contributed by atoms with E-state index in [0.717, 1.165) is 19.5 Å². The minimum absolute atomic E-state index is 0.277. The summed E-state index contributed by atoms with van der Waals surface area (Å²) in [5.41, 5.74) is 0. The van der Waals surface area contributed by atoms with E-state index in [2.05, 4.69) is 25.3 Å². The third kappa shape index (κ3) is 26.4. The first-order valence-electron chi connectivity index (χ1n) is 15.7. The van der Waals surface area contributed by atoms with E-state index in [0.29, 0.717) is 0 Å². The molecule has 0 aliphatic rings. The zero-order chi connectivity index (χ0) is 25.0. The molecule has 0 spiro atoms. The van der Waals surface area contributed by atoms with Crippen LogP contribution in [0.4, 0.5) is 0 Å². The van der Waals surface area contributed by atoms with Crippen molar-refractivity contribution in [1.82, 2.24) is 4.90 Å². The van der Waals surface area contributed by atoms with Gasteiger partial charge in [-0.2, -0.15) is 0 Å². The van der Waals surface area contributed by atoms with Crippen LogP contribution in [0.25, 0.3) is 0 Å². The van der Waals surface area contributed by atoms with E-state index in [-0.39, 0.29) is 5.38 Å². The van der Waals surface area contributed by atoms with Crippen molar-refractivity contribution in [3.8, 4) is 0 Å². The molecule has 0 bridgehead atoms. The Morgan fingerprint density at radius 3 is 1.21 bits per heavy atom. The van der Waals surface area contributed by atoms with Crippen LogP contribution in [0.3, 0.4) is 0 Å². The summed E-state index contributed by atoms with van der Waals surface area (Å²) in [6.45, 7) is 10.7. The molecular weight excluding hydrogens is 434 g/mol. The predicted molar refractivity (Wildman–Crippen MR) is 158 cm³/mol. The number of hydrogen-bond acceptors (Lipinski definition) is 1. The molecule has 1 nitrogen and oxygen atoms in total. The Kier molecular flexibility index (Phi) is 28.9. The van der Waals surface area contributed by atoms with Gasteiger partial charge < -0.3 is 4.90 Å². The Morgan fingerprint density at radius 2 is 0.853 bits per heavy atom. The van der Waals surface area contributed by atoms with E-state index in [9.17, 15) is 0 Å². The number of unbranched alkanes of at least 4 members (excludes halogenated alkanes) is 22. The fraction of sp³-hybridized carbons (Fsp3) is 0.938. The lowest BCUT2D eigenvalue weighted by molar-refractivity contribution is 0.353. The molecule has 2 heteroatoms. The first-order chi connectivity index (χ1) is 16.7. The minimum Gasteiger partial charge on any atom is -0.376 e. The van der Waals surface area contributed by atoms with Gasteiger partial charge in [0.1, 0.15) is 0 Å². The normalized spacial score (nSPS) is 12.2. The highest BCUT2D eigenvalue weighted by molar-refractivity contribution is 6.20. The van der Waals surface area contributed by atoms with Crippen molar-refractivity contribution >= 4 is 11.6 Å². The molecule has 0 heterocycles. The topological polar surface area (TPSA) is 3.24 Å². The monoisotopic (exact) mass is 497 g/mol. The van der Waals surface area contributed by atoms with E-state index >= 15 is 0 Å². The number of halogens is 1. The van der Waals surface area contributed by atoms with Crippen molar-refractivity contribution in [3.05, 3.63) is 12.8 Å². The molecule has 0 rings (SSSR count). The van der Waals surface area contributed by atoms with E-state index < -0.39 is 0 Å². The molecule has 0 aromatic heterocycles. The first-order valence-corrected chi connectivity index (χ1v) is 16.2. The van der Waals surface area contributed by atoms with Crippen molar-refractivity contribution in [2.45, 2.75) is 180 Å². The number of nitrogens with zero attached hydrogens (tertiary/aromatic N) is 1. The summed E-state index contributed by atoms with van der Waals surface area (Å²) in [6, 6.07) is 0. The van der Waals surface area contributed by atoms with Gasteiger partial charge in [0.2, 0.25) is 0 Å². The van der Waals surface area contributed by atoms with Crippen LogP contribution in [-0.4, -0.2) is 23.4 Å². The Hall–Kier alpha value is -0.170. The highest BCUT2D eigenvalue weighted by Crippen LogP contribution is 2.16. The molecular formula is C32H64ClN. The maximum Gasteiger partial charge on any atom is 0.0511 e. The van der Waals surface area contributed by atoms with Crippen molar-refractivity contribution in [2.75, 3.05) is 13.1 Å². The van der Waals surface area contributed by atoms with E-state index in [1.54, 1.807) is 0 Å². The van der Waals surface area contributed by atoms with Crippen LogP contribution < -0.4 is 0 Å². The zero-order valence-corrected chi connectivity index (χ0v) is 24.5. The maximum atomic E-state index is 6.62. The van der Waals surface area contributed by atoms with Crippen LogP contribution in [0.5, 0.6) is 0 Å². The Bertz CT molecular complexity index is 383. The summed E-state index contributed by atoms with van der Waals surface area (Å²) in [5.74, 6) is 0. The molecule has 34 heavy (non-hydrogen) atoms. The third-order valence-corrected chi connectivity index (χ3v) is 7.72. The highest BCUT2D eigenvalue weighted by atomic mass is 35.5. The molecule has 0 aliphatic carbocycles. The molecule has 0 aromatic rings. The summed E-state index contributed by atoms with van der Waals surface area (Å²) in [4.78, 5) is 2.35. The molecule has 0 amide bonds. The largest absolute Gasteiger partial charge is 0.376 e. The lowest BCUT2D eigenvalue weighted by Gasteiger charge is -2.23. The van der Waals surface area contributed by atoms with Crippen LogP contribution in [0.2, 0.25) is 0 Å². The van der Waals surface area contributed by atoms with Crippen LogP contribution in [0.15, 0.2) is 12.8 Å². The van der Waals surface area contributed by atoms with Gasteiger partial charge in [-0.15, -0.1) is 11.6 Å². The Labute approximate surface area is 221 Å². The van der Waals surface area contributed by atoms with E-state index in [1.807, 2.05) is 6.20 Å². The average Bonchev–Trinajstić information content (AvgIpc) is 2.84. The molecule has 1 unspecified atom stereocenters. The third-order valence-electron chi connectivity index (χ3n) is 7.36. The quantitative estimate of drug-likeness (QED) is 0.0732. The standard InChI is InChI=1S/C32H64ClN/c1-4-7-9-11-13-15-16-17-18-19-20-21-22-24-26-28-30-34(6-3)31-32(33)29-27-25-23-14-12-10-8-5-2/h6,32H,3-5,7-31H2,1-2H3. The Morgan fingerprint density at radius 1 is 0.529 bits per heavy atom. The summed E-state index contributed by atoms with van der Waals surface area (Å²) < 4.78 is 0. The second kappa shape index (κ2) is 29.1. The molecule has 1 atom stereocenters. The van der Waals surface area contributed by atoms with Gasteiger partial charge in [0.05, 0.1) is 5.38 Å².